The molecule has 1 unspecified atom stereocenters. The predicted molar refractivity (Wildman–Crippen MR) is 115 cm³/mol. The topological polar surface area (TPSA) is 66.4 Å². The van der Waals surface area contributed by atoms with Crippen LogP contribution >= 0.6 is 0 Å². The number of benzene rings is 2. The van der Waals surface area contributed by atoms with Crippen molar-refractivity contribution in [2.75, 3.05) is 6.54 Å². The second kappa shape index (κ2) is 9.21. The molecule has 154 valence electrons. The molecule has 2 rings (SSSR count). The molecular formula is C23H33NO3S. The van der Waals surface area contributed by atoms with Crippen molar-refractivity contribution in [1.82, 2.24) is 4.72 Å². The Morgan fingerprint density at radius 1 is 0.821 bits per heavy atom. The van der Waals surface area contributed by atoms with Gasteiger partial charge >= 0.3 is 0 Å². The molecule has 2 aromatic carbocycles. The highest BCUT2D eigenvalue weighted by Crippen LogP contribution is 2.35. The van der Waals surface area contributed by atoms with Gasteiger partial charge in [-0.05, 0) is 40.0 Å². The van der Waals surface area contributed by atoms with E-state index >= 15 is 0 Å². The van der Waals surface area contributed by atoms with E-state index in [1.54, 1.807) is 12.1 Å². The van der Waals surface area contributed by atoms with Gasteiger partial charge in [0.15, 0.2) is 0 Å². The number of nitrogens with one attached hydrogen (secondary N) is 1. The van der Waals surface area contributed by atoms with Crippen molar-refractivity contribution in [1.29, 1.82) is 0 Å². The SMILES string of the molecule is CC(C)c1cc(C(C)C)c(S(=O)(=O)NCC(O)c2ccccc2)c(C(C)C)c1. The molecule has 0 heterocycles. The average Bonchev–Trinajstić information content (AvgIpc) is 2.65. The second-order valence-corrected chi connectivity index (χ2v) is 9.97. The molecule has 2 aromatic rings. The fraction of sp³-hybridized carbons (Fsp3) is 0.478. The Hall–Kier alpha value is -1.69. The maximum absolute atomic E-state index is 13.3. The van der Waals surface area contributed by atoms with Gasteiger partial charge in [0.05, 0.1) is 11.0 Å². The van der Waals surface area contributed by atoms with E-state index in [4.69, 9.17) is 0 Å². The molecule has 28 heavy (non-hydrogen) atoms. The summed E-state index contributed by atoms with van der Waals surface area (Å²) in [5.41, 5.74) is 3.50. The van der Waals surface area contributed by atoms with Gasteiger partial charge in [-0.1, -0.05) is 84.0 Å². The number of aliphatic hydroxyl groups is 1. The summed E-state index contributed by atoms with van der Waals surface area (Å²) >= 11 is 0. The van der Waals surface area contributed by atoms with Crippen molar-refractivity contribution in [2.24, 2.45) is 0 Å². The van der Waals surface area contributed by atoms with E-state index in [0.29, 0.717) is 16.4 Å². The van der Waals surface area contributed by atoms with Crippen LogP contribution in [0.1, 0.15) is 87.7 Å². The molecule has 0 bridgehead atoms. The number of hydrogen-bond acceptors (Lipinski definition) is 3. The summed E-state index contributed by atoms with van der Waals surface area (Å²) < 4.78 is 29.2. The number of sulfonamides is 1. The maximum Gasteiger partial charge on any atom is 0.241 e. The first kappa shape index (κ1) is 22.6. The zero-order chi connectivity index (χ0) is 21.1. The van der Waals surface area contributed by atoms with E-state index in [1.807, 2.05) is 58.0 Å². The molecule has 0 radical (unpaired) electrons. The van der Waals surface area contributed by atoms with Crippen molar-refractivity contribution in [3.8, 4) is 0 Å². The lowest BCUT2D eigenvalue weighted by Crippen LogP contribution is -2.30. The normalized spacial score (nSPS) is 13.5. The average molecular weight is 404 g/mol. The molecule has 2 N–H and O–H groups in total. The fourth-order valence-electron chi connectivity index (χ4n) is 3.25. The highest BCUT2D eigenvalue weighted by Gasteiger charge is 2.27. The van der Waals surface area contributed by atoms with Gasteiger partial charge in [-0.15, -0.1) is 0 Å². The summed E-state index contributed by atoms with van der Waals surface area (Å²) in [7, 11) is -3.77. The lowest BCUT2D eigenvalue weighted by Gasteiger charge is -2.23. The van der Waals surface area contributed by atoms with Gasteiger partial charge < -0.3 is 5.11 Å². The van der Waals surface area contributed by atoms with Gasteiger partial charge in [0.1, 0.15) is 0 Å². The smallest absolute Gasteiger partial charge is 0.241 e. The zero-order valence-corrected chi connectivity index (χ0v) is 18.5. The summed E-state index contributed by atoms with van der Waals surface area (Å²) in [4.78, 5) is 0.363. The Labute approximate surface area is 170 Å². The lowest BCUT2D eigenvalue weighted by molar-refractivity contribution is 0.182. The quantitative estimate of drug-likeness (QED) is 0.647. The number of rotatable bonds is 8. The Bertz CT molecular complexity index is 858. The van der Waals surface area contributed by atoms with Gasteiger partial charge in [0.2, 0.25) is 10.0 Å². The number of aliphatic hydroxyl groups excluding tert-OH is 1. The summed E-state index contributed by atoms with van der Waals surface area (Å²) in [5.74, 6) is 0.461. The monoisotopic (exact) mass is 403 g/mol. The van der Waals surface area contributed by atoms with Crippen molar-refractivity contribution in [2.45, 2.75) is 70.3 Å². The fourth-order valence-corrected chi connectivity index (χ4v) is 4.99. The molecule has 1 atom stereocenters. The minimum atomic E-state index is -3.77. The summed E-state index contributed by atoms with van der Waals surface area (Å²) in [6.45, 7) is 12.2. The third-order valence-electron chi connectivity index (χ3n) is 5.00. The predicted octanol–water partition coefficient (Wildman–Crippen LogP) is 5.07. The Balaban J connectivity index is 2.45. The minimum absolute atomic E-state index is 0.0622. The summed E-state index contributed by atoms with van der Waals surface area (Å²) in [6.07, 6.45) is -0.893. The largest absolute Gasteiger partial charge is 0.387 e. The molecular weight excluding hydrogens is 370 g/mol. The molecule has 0 fully saturated rings. The van der Waals surface area contributed by atoms with Crippen LogP contribution in [0.25, 0.3) is 0 Å². The highest BCUT2D eigenvalue weighted by atomic mass is 32.2. The van der Waals surface area contributed by atoms with Gasteiger partial charge in [-0.2, -0.15) is 0 Å². The highest BCUT2D eigenvalue weighted by molar-refractivity contribution is 7.89. The van der Waals surface area contributed by atoms with Gasteiger partial charge in [-0.25, -0.2) is 13.1 Å². The Morgan fingerprint density at radius 3 is 1.75 bits per heavy atom. The molecule has 0 aliphatic carbocycles. The van der Waals surface area contributed by atoms with Gasteiger partial charge in [0, 0.05) is 6.54 Å². The van der Waals surface area contributed by atoms with Crippen molar-refractivity contribution in [3.05, 3.63) is 64.7 Å². The second-order valence-electron chi connectivity index (χ2n) is 8.27. The first-order valence-corrected chi connectivity index (χ1v) is 11.4. The van der Waals surface area contributed by atoms with Crippen LogP contribution in [-0.2, 0) is 10.0 Å². The van der Waals surface area contributed by atoms with Crippen LogP contribution in [0.2, 0.25) is 0 Å². The van der Waals surface area contributed by atoms with Crippen LogP contribution in [-0.4, -0.2) is 20.1 Å². The van der Waals surface area contributed by atoms with Crippen LogP contribution in [0.4, 0.5) is 0 Å². The number of hydrogen-bond donors (Lipinski definition) is 2. The minimum Gasteiger partial charge on any atom is -0.387 e. The third kappa shape index (κ3) is 5.22. The van der Waals surface area contributed by atoms with E-state index in [0.717, 1.165) is 16.7 Å². The molecule has 0 saturated heterocycles. The first-order valence-electron chi connectivity index (χ1n) is 9.95. The van der Waals surface area contributed by atoms with Crippen LogP contribution < -0.4 is 4.72 Å². The molecule has 0 amide bonds. The third-order valence-corrected chi connectivity index (χ3v) is 6.55. The van der Waals surface area contributed by atoms with E-state index in [2.05, 4.69) is 18.6 Å². The molecule has 0 aromatic heterocycles. The van der Waals surface area contributed by atoms with Gasteiger partial charge in [0.25, 0.3) is 0 Å². The van der Waals surface area contributed by atoms with Crippen LogP contribution in [0, 0.1) is 0 Å². The van der Waals surface area contributed by atoms with Gasteiger partial charge in [-0.3, -0.25) is 0 Å². The molecule has 0 saturated carbocycles. The van der Waals surface area contributed by atoms with Crippen molar-refractivity contribution in [3.63, 3.8) is 0 Å². The van der Waals surface area contributed by atoms with Crippen molar-refractivity contribution < 1.29 is 13.5 Å². The Morgan fingerprint density at radius 2 is 1.32 bits per heavy atom. The van der Waals surface area contributed by atoms with Crippen LogP contribution in [0.3, 0.4) is 0 Å². The standard InChI is InChI=1S/C23H33NO3S/c1-15(2)19-12-20(16(3)4)23(21(13-19)17(5)6)28(26,27)24-14-22(25)18-10-8-7-9-11-18/h7-13,15-17,22,24-25H,14H2,1-6H3. The maximum atomic E-state index is 13.3. The zero-order valence-electron chi connectivity index (χ0n) is 17.7. The van der Waals surface area contributed by atoms with E-state index in [9.17, 15) is 13.5 Å². The van der Waals surface area contributed by atoms with Crippen LogP contribution in [0.5, 0.6) is 0 Å². The van der Waals surface area contributed by atoms with Crippen LogP contribution in [0.15, 0.2) is 47.4 Å². The lowest BCUT2D eigenvalue weighted by atomic mass is 9.89. The van der Waals surface area contributed by atoms with E-state index < -0.39 is 16.1 Å². The first-order chi connectivity index (χ1) is 13.0. The molecule has 0 spiro atoms. The molecule has 5 heteroatoms. The summed E-state index contributed by atoms with van der Waals surface area (Å²) in [5, 5.41) is 10.4. The Kier molecular flexibility index (Phi) is 7.43. The molecule has 0 aliphatic heterocycles. The summed E-state index contributed by atoms with van der Waals surface area (Å²) in [6, 6.07) is 13.1. The van der Waals surface area contributed by atoms with E-state index in [1.165, 1.54) is 0 Å². The molecule has 4 nitrogen and oxygen atoms in total. The van der Waals surface area contributed by atoms with Crippen molar-refractivity contribution >= 4 is 10.0 Å². The molecule has 0 aliphatic rings. The van der Waals surface area contributed by atoms with E-state index in [-0.39, 0.29) is 18.4 Å².